The summed E-state index contributed by atoms with van der Waals surface area (Å²) in [6.07, 6.45) is 5.03. The van der Waals surface area contributed by atoms with Gasteiger partial charge in [0.05, 0.1) is 0 Å². The number of carbonyl (C=O) groups is 1. The highest BCUT2D eigenvalue weighted by atomic mass is 16.1. The van der Waals surface area contributed by atoms with Gasteiger partial charge in [-0.3, -0.25) is 4.79 Å². The molecule has 0 N–H and O–H groups in total. The Morgan fingerprint density at radius 2 is 2.00 bits per heavy atom. The molecule has 1 rings (SSSR count). The molecule has 0 saturated heterocycles. The fourth-order valence-electron chi connectivity index (χ4n) is 0.566. The Balaban J connectivity index is 0.000000461. The molecule has 0 aromatic carbocycles. The Hall–Kier alpha value is -1.29. The summed E-state index contributed by atoms with van der Waals surface area (Å²) in [5, 5.41) is 0. The smallest absolute Gasteiger partial charge is 0.160 e. The highest BCUT2D eigenvalue weighted by Gasteiger charge is 1.96. The molecule has 0 bridgehead atoms. The van der Waals surface area contributed by atoms with Crippen LogP contribution in [0.5, 0.6) is 0 Å². The highest BCUT2D eigenvalue weighted by Crippen LogP contribution is 1.99. The summed E-state index contributed by atoms with van der Waals surface area (Å²) in [6, 6.07) is 0. The predicted octanol–water partition coefficient (Wildman–Crippen LogP) is 2.41. The molecule has 0 aromatic heterocycles. The first-order valence-electron chi connectivity index (χ1n) is 3.69. The molecule has 0 atom stereocenters. The van der Waals surface area contributed by atoms with E-state index in [-0.39, 0.29) is 5.78 Å². The van der Waals surface area contributed by atoms with Crippen molar-refractivity contribution in [3.8, 4) is 0 Å². The van der Waals surface area contributed by atoms with Crippen molar-refractivity contribution in [1.29, 1.82) is 0 Å². The minimum absolute atomic E-state index is 0.0697. The number of rotatable bonds is 1. The quantitative estimate of drug-likeness (QED) is 0.522. The zero-order chi connectivity index (χ0) is 8.69. The van der Waals surface area contributed by atoms with Crippen LogP contribution in [0.3, 0.4) is 0 Å². The van der Waals surface area contributed by atoms with Crippen LogP contribution in [0.2, 0.25) is 0 Å². The van der Waals surface area contributed by atoms with Crippen molar-refractivity contribution in [3.05, 3.63) is 35.3 Å². The molecule has 0 radical (unpaired) electrons. The monoisotopic (exact) mass is 148 g/mol. The van der Waals surface area contributed by atoms with Crippen LogP contribution in [-0.2, 0) is 4.79 Å². The normalized spacial score (nSPS) is 11.7. The van der Waals surface area contributed by atoms with E-state index in [1.807, 2.05) is 13.8 Å². The van der Waals surface area contributed by atoms with E-state index in [4.69, 9.17) is 0 Å². The van der Waals surface area contributed by atoms with Gasteiger partial charge in [-0.1, -0.05) is 25.3 Å². The number of hydrogen-bond acceptors (Lipinski definition) is 1. The second-order valence-electron chi connectivity index (χ2n) is 1.78. The van der Waals surface area contributed by atoms with E-state index in [9.17, 15) is 4.79 Å². The molecule has 1 nitrogen and oxygen atoms in total. The fourth-order valence-corrected chi connectivity index (χ4v) is 0.566. The van der Waals surface area contributed by atoms with Crippen LogP contribution in [0.4, 0.5) is 0 Å². The van der Waals surface area contributed by atoms with Crippen molar-refractivity contribution >= 4 is 5.78 Å². The van der Waals surface area contributed by atoms with E-state index < -0.39 is 0 Å². The van der Waals surface area contributed by atoms with Crippen molar-refractivity contribution in [2.75, 3.05) is 0 Å². The van der Waals surface area contributed by atoms with Gasteiger partial charge >= 0.3 is 0 Å². The third kappa shape index (κ3) is 3.42. The van der Waals surface area contributed by atoms with E-state index in [0.29, 0.717) is 5.57 Å². The van der Waals surface area contributed by atoms with Crippen LogP contribution < -0.4 is 0 Å². The fraction of sp³-hybridized carbons (Fsp3) is 0.300. The molecule has 0 aromatic rings. The largest absolute Gasteiger partial charge is 0.294 e. The summed E-state index contributed by atoms with van der Waals surface area (Å²) >= 11 is 0. The van der Waals surface area contributed by atoms with Crippen molar-refractivity contribution in [1.82, 2.24) is 0 Å². The molecule has 0 amide bonds. The molecule has 1 aliphatic carbocycles. The summed E-state index contributed by atoms with van der Waals surface area (Å²) in [5.74, 6) is 0.0697. The van der Waals surface area contributed by atoms with Crippen molar-refractivity contribution < 1.29 is 4.79 Å². The van der Waals surface area contributed by atoms with Crippen LogP contribution in [0.15, 0.2) is 35.3 Å². The average molecular weight is 148 g/mol. The molecule has 0 unspecified atom stereocenters. The zero-order valence-corrected chi connectivity index (χ0v) is 7.14. The van der Waals surface area contributed by atoms with Crippen molar-refractivity contribution in [3.63, 3.8) is 0 Å². The number of Topliss-reactive ketones (excluding diaryl/α,β-unsaturated/α-hetero) is 1. The van der Waals surface area contributed by atoms with Gasteiger partial charge in [-0.15, -0.1) is 0 Å². The van der Waals surface area contributed by atoms with Crippen LogP contribution in [0.25, 0.3) is 0 Å². The maximum Gasteiger partial charge on any atom is 0.160 e. The van der Waals surface area contributed by atoms with Crippen molar-refractivity contribution in [2.24, 2.45) is 0 Å². The summed E-state index contributed by atoms with van der Waals surface area (Å²) in [7, 11) is 0. The minimum Gasteiger partial charge on any atom is -0.294 e. The molecule has 1 heteroatoms. The zero-order valence-electron chi connectivity index (χ0n) is 7.14. The highest BCUT2D eigenvalue weighted by molar-refractivity contribution is 5.96. The summed E-state index contributed by atoms with van der Waals surface area (Å²) in [4.78, 5) is 10.6. The number of ketones is 1. The average Bonchev–Trinajstić information content (AvgIpc) is 2.10. The van der Waals surface area contributed by atoms with Gasteiger partial charge in [-0.05, 0) is 25.2 Å². The maximum atomic E-state index is 10.6. The van der Waals surface area contributed by atoms with E-state index in [0.717, 1.165) is 0 Å². The maximum absolute atomic E-state index is 10.6. The number of hydrogen-bond donors (Lipinski definition) is 0. The lowest BCUT2D eigenvalue weighted by Gasteiger charge is -1.90. The molecule has 11 heavy (non-hydrogen) atoms. The first-order chi connectivity index (χ1) is 5.30. The molecule has 0 fully saturated rings. The third-order valence-corrected chi connectivity index (χ3v) is 1.06. The first-order valence-corrected chi connectivity index (χ1v) is 3.69. The topological polar surface area (TPSA) is 17.1 Å². The molecule has 1 aliphatic rings. The van der Waals surface area contributed by atoms with Gasteiger partial charge in [0.1, 0.15) is 0 Å². The van der Waals surface area contributed by atoms with Gasteiger partial charge < -0.3 is 0 Å². The van der Waals surface area contributed by atoms with E-state index in [1.165, 1.54) is 6.92 Å². The van der Waals surface area contributed by atoms with E-state index in [1.54, 1.807) is 18.2 Å². The van der Waals surface area contributed by atoms with Gasteiger partial charge in [0.2, 0.25) is 0 Å². The van der Waals surface area contributed by atoms with Crippen LogP contribution >= 0.6 is 0 Å². The van der Waals surface area contributed by atoms with Crippen LogP contribution in [0, 0.1) is 0 Å². The summed E-state index contributed by atoms with van der Waals surface area (Å²) < 4.78 is 0. The van der Waals surface area contributed by atoms with Crippen LogP contribution in [-0.4, -0.2) is 5.78 Å². The molecular formula is C10H12O. The Kier molecular flexibility index (Phi) is 4.85. The first kappa shape index (κ1) is 9.71. The number of carbonyl (C=O) groups excluding carboxylic acids is 1. The molecule has 58 valence electrons. The second-order valence-corrected chi connectivity index (χ2v) is 1.78. The van der Waals surface area contributed by atoms with E-state index >= 15 is 0 Å². The third-order valence-electron chi connectivity index (χ3n) is 1.06. The Labute approximate surface area is 67.4 Å². The second kappa shape index (κ2) is 5.49. The van der Waals surface area contributed by atoms with Crippen LogP contribution in [0.1, 0.15) is 20.8 Å². The van der Waals surface area contributed by atoms with Gasteiger partial charge in [0.25, 0.3) is 0 Å². The predicted molar refractivity (Wildman–Crippen MR) is 46.3 cm³/mol. The molecule has 0 saturated carbocycles. The Morgan fingerprint density at radius 1 is 1.36 bits per heavy atom. The number of allylic oxidation sites excluding steroid dienone is 4. The summed E-state index contributed by atoms with van der Waals surface area (Å²) in [5.41, 5.74) is 6.10. The van der Waals surface area contributed by atoms with Gasteiger partial charge in [0, 0.05) is 5.57 Å². The molecular weight excluding hydrogens is 136 g/mol. The van der Waals surface area contributed by atoms with Gasteiger partial charge in [0.15, 0.2) is 5.78 Å². The molecule has 0 heterocycles. The standard InChI is InChI=1S/C8H6O.C2H6/c1-7(9)8-5-3-2-4-6-8;1-2/h3,5-6H,1H3;1-2H3. The lowest BCUT2D eigenvalue weighted by molar-refractivity contribution is -0.113. The minimum atomic E-state index is 0.0697. The van der Waals surface area contributed by atoms with Crippen molar-refractivity contribution in [2.45, 2.75) is 20.8 Å². The lowest BCUT2D eigenvalue weighted by atomic mass is 10.1. The Bertz CT molecular complexity index is 257. The van der Waals surface area contributed by atoms with E-state index in [2.05, 4.69) is 11.5 Å². The Morgan fingerprint density at radius 3 is 2.27 bits per heavy atom. The SMILES string of the molecule is CC.CC(=O)C1=CC=C=C=C1. The molecule has 0 spiro atoms. The molecule has 0 aliphatic heterocycles. The lowest BCUT2D eigenvalue weighted by Crippen LogP contribution is -1.91. The summed E-state index contributed by atoms with van der Waals surface area (Å²) in [6.45, 7) is 5.53. The van der Waals surface area contributed by atoms with Gasteiger partial charge in [-0.25, -0.2) is 0 Å². The van der Waals surface area contributed by atoms with Gasteiger partial charge in [-0.2, -0.15) is 0 Å².